The average molecular weight is 272 g/mol. The second-order valence-electron chi connectivity index (χ2n) is 3.83. The molecule has 0 radical (unpaired) electrons. The zero-order chi connectivity index (χ0) is 12.5. The largest absolute Gasteiger partial charge is 0.261 e. The van der Waals surface area contributed by atoms with Crippen LogP contribution < -0.4 is 4.57 Å². The van der Waals surface area contributed by atoms with Crippen molar-refractivity contribution in [3.8, 4) is 0 Å². The average Bonchev–Trinajstić information content (AvgIpc) is 2.63. The molecule has 0 fully saturated rings. The zero-order valence-corrected chi connectivity index (χ0v) is 10.8. The second kappa shape index (κ2) is 4.50. The Morgan fingerprint density at radius 1 is 1.29 bits per heavy atom. The molecule has 1 aromatic heterocycles. The summed E-state index contributed by atoms with van der Waals surface area (Å²) in [5.41, 5.74) is 1.02. The number of nitrogens with zero attached hydrogens (tertiary/aromatic N) is 2. The molecule has 0 aliphatic heterocycles. The molecule has 0 saturated carbocycles. The Balaban J connectivity index is 2.19. The van der Waals surface area contributed by atoms with Gasteiger partial charge in [-0.05, 0) is 17.7 Å². The van der Waals surface area contributed by atoms with Gasteiger partial charge in [-0.1, -0.05) is 12.1 Å². The highest BCUT2D eigenvalue weighted by Gasteiger charge is 2.09. The lowest BCUT2D eigenvalue weighted by Crippen LogP contribution is -2.23. The fraction of sp³-hybridized carbons (Fsp3) is 0.182. The van der Waals surface area contributed by atoms with Gasteiger partial charge in [0.2, 0.25) is 6.33 Å². The van der Waals surface area contributed by atoms with Crippen LogP contribution in [0.3, 0.4) is 0 Å². The molecule has 1 aromatic carbocycles. The number of imidazole rings is 1. The molecule has 0 amide bonds. The number of benzene rings is 1. The van der Waals surface area contributed by atoms with Crippen LogP contribution in [0.25, 0.3) is 0 Å². The van der Waals surface area contributed by atoms with Gasteiger partial charge < -0.3 is 0 Å². The van der Waals surface area contributed by atoms with Gasteiger partial charge in [-0.15, -0.1) is 0 Å². The minimum Gasteiger partial charge on any atom is -0.240 e. The third kappa shape index (κ3) is 3.08. The van der Waals surface area contributed by atoms with Gasteiger partial charge in [-0.2, -0.15) is 0 Å². The molecule has 17 heavy (non-hydrogen) atoms. The van der Waals surface area contributed by atoms with Crippen LogP contribution in [0.1, 0.15) is 5.56 Å². The van der Waals surface area contributed by atoms with Gasteiger partial charge in [0.15, 0.2) is 0 Å². The van der Waals surface area contributed by atoms with Crippen LogP contribution >= 0.6 is 10.7 Å². The van der Waals surface area contributed by atoms with E-state index in [1.807, 2.05) is 34.9 Å². The van der Waals surface area contributed by atoms with Crippen molar-refractivity contribution in [1.82, 2.24) is 4.57 Å². The van der Waals surface area contributed by atoms with E-state index in [-0.39, 0.29) is 4.90 Å². The lowest BCUT2D eigenvalue weighted by Gasteiger charge is -1.99. The molecule has 6 heteroatoms. The van der Waals surface area contributed by atoms with Gasteiger partial charge in [-0.25, -0.2) is 17.6 Å². The van der Waals surface area contributed by atoms with E-state index in [1.54, 1.807) is 12.1 Å². The maximum absolute atomic E-state index is 11.1. The summed E-state index contributed by atoms with van der Waals surface area (Å²) in [7, 11) is 3.56. The van der Waals surface area contributed by atoms with Crippen LogP contribution in [0.2, 0.25) is 0 Å². The standard InChI is InChI=1S/C11H12ClN2O2S/c1-13-6-7-14(9-13)8-10-2-4-11(5-3-10)17(12,15)16/h2-7,9H,8H2,1H3/q+1. The molecule has 2 rings (SSSR count). The number of hydrogen-bond donors (Lipinski definition) is 0. The fourth-order valence-corrected chi connectivity index (χ4v) is 2.33. The van der Waals surface area contributed by atoms with Crippen LogP contribution in [0.15, 0.2) is 47.9 Å². The quantitative estimate of drug-likeness (QED) is 0.624. The Bertz CT molecular complexity index is 617. The number of halogens is 1. The van der Waals surface area contributed by atoms with Crippen molar-refractivity contribution in [1.29, 1.82) is 0 Å². The number of aryl methyl sites for hydroxylation is 1. The van der Waals surface area contributed by atoms with Crippen LogP contribution in [-0.2, 0) is 22.6 Å². The Kier molecular flexibility index (Phi) is 3.22. The second-order valence-corrected chi connectivity index (χ2v) is 6.40. The first-order valence-electron chi connectivity index (χ1n) is 5.00. The van der Waals surface area contributed by atoms with E-state index in [4.69, 9.17) is 10.7 Å². The monoisotopic (exact) mass is 271 g/mol. The van der Waals surface area contributed by atoms with Crippen molar-refractivity contribution >= 4 is 19.7 Å². The first-order valence-corrected chi connectivity index (χ1v) is 7.31. The van der Waals surface area contributed by atoms with Crippen molar-refractivity contribution in [3.05, 3.63) is 48.5 Å². The van der Waals surface area contributed by atoms with Gasteiger partial charge in [-0.3, -0.25) is 0 Å². The minimum atomic E-state index is -3.63. The van der Waals surface area contributed by atoms with Gasteiger partial charge in [0.05, 0.1) is 11.9 Å². The van der Waals surface area contributed by atoms with Gasteiger partial charge in [0, 0.05) is 10.7 Å². The molecule has 0 saturated heterocycles. The molecule has 0 unspecified atom stereocenters. The Hall–Kier alpha value is -1.33. The predicted octanol–water partition coefficient (Wildman–Crippen LogP) is 1.29. The van der Waals surface area contributed by atoms with E-state index < -0.39 is 9.05 Å². The summed E-state index contributed by atoms with van der Waals surface area (Å²) in [5.74, 6) is 0. The van der Waals surface area contributed by atoms with Gasteiger partial charge >= 0.3 is 0 Å². The maximum atomic E-state index is 11.1. The van der Waals surface area contributed by atoms with Crippen LogP contribution in [0, 0.1) is 0 Å². The lowest BCUT2D eigenvalue weighted by atomic mass is 10.2. The molecular weight excluding hydrogens is 260 g/mol. The summed E-state index contributed by atoms with van der Waals surface area (Å²) in [6.07, 6.45) is 5.84. The highest BCUT2D eigenvalue weighted by atomic mass is 35.7. The molecule has 0 aliphatic rings. The van der Waals surface area contributed by atoms with Crippen LogP contribution in [-0.4, -0.2) is 13.0 Å². The third-order valence-corrected chi connectivity index (χ3v) is 3.76. The third-order valence-electron chi connectivity index (χ3n) is 2.39. The van der Waals surface area contributed by atoms with Crippen molar-refractivity contribution < 1.29 is 13.0 Å². The SMILES string of the molecule is C[n+]1ccn(Cc2ccc(S(=O)(=O)Cl)cc2)c1. The molecule has 0 atom stereocenters. The Morgan fingerprint density at radius 3 is 2.41 bits per heavy atom. The summed E-state index contributed by atoms with van der Waals surface area (Å²) in [5, 5.41) is 0. The molecular formula is C11H12ClN2O2S+. The minimum absolute atomic E-state index is 0.126. The van der Waals surface area contributed by atoms with Crippen LogP contribution in [0.4, 0.5) is 0 Å². The first-order chi connectivity index (χ1) is 7.95. The van der Waals surface area contributed by atoms with E-state index in [2.05, 4.69) is 0 Å². The molecule has 2 aromatic rings. The molecule has 4 nitrogen and oxygen atoms in total. The van der Waals surface area contributed by atoms with Crippen molar-refractivity contribution in [2.24, 2.45) is 7.05 Å². The smallest absolute Gasteiger partial charge is 0.240 e. The first kappa shape index (κ1) is 12.1. The van der Waals surface area contributed by atoms with E-state index >= 15 is 0 Å². The molecule has 90 valence electrons. The fourth-order valence-electron chi connectivity index (χ4n) is 1.56. The van der Waals surface area contributed by atoms with E-state index in [1.165, 1.54) is 12.1 Å². The van der Waals surface area contributed by atoms with E-state index in [9.17, 15) is 8.42 Å². The molecule has 0 spiro atoms. The summed E-state index contributed by atoms with van der Waals surface area (Å²) in [6.45, 7) is 0.698. The molecule has 0 N–H and O–H groups in total. The van der Waals surface area contributed by atoms with Crippen molar-refractivity contribution in [2.75, 3.05) is 0 Å². The Morgan fingerprint density at radius 2 is 1.94 bits per heavy atom. The molecule has 1 heterocycles. The normalized spacial score (nSPS) is 11.6. The van der Waals surface area contributed by atoms with Gasteiger partial charge in [0.25, 0.3) is 9.05 Å². The van der Waals surface area contributed by atoms with Crippen LogP contribution in [0.5, 0.6) is 0 Å². The van der Waals surface area contributed by atoms with Crippen molar-refractivity contribution in [2.45, 2.75) is 11.4 Å². The summed E-state index contributed by atoms with van der Waals surface area (Å²) in [4.78, 5) is 0.126. The highest BCUT2D eigenvalue weighted by Crippen LogP contribution is 2.15. The van der Waals surface area contributed by atoms with Crippen molar-refractivity contribution in [3.63, 3.8) is 0 Å². The Labute approximate surface area is 104 Å². The number of rotatable bonds is 3. The zero-order valence-electron chi connectivity index (χ0n) is 9.25. The maximum Gasteiger partial charge on any atom is 0.261 e. The summed E-state index contributed by atoms with van der Waals surface area (Å²) in [6, 6.07) is 6.55. The topological polar surface area (TPSA) is 43.0 Å². The predicted molar refractivity (Wildman–Crippen MR) is 64.2 cm³/mol. The van der Waals surface area contributed by atoms with E-state index in [0.29, 0.717) is 6.54 Å². The number of aromatic nitrogens is 2. The highest BCUT2D eigenvalue weighted by molar-refractivity contribution is 8.13. The summed E-state index contributed by atoms with van der Waals surface area (Å²) < 4.78 is 26.1. The number of hydrogen-bond acceptors (Lipinski definition) is 2. The van der Waals surface area contributed by atoms with Gasteiger partial charge in [0.1, 0.15) is 18.9 Å². The molecule has 0 aliphatic carbocycles. The summed E-state index contributed by atoms with van der Waals surface area (Å²) >= 11 is 0. The lowest BCUT2D eigenvalue weighted by molar-refractivity contribution is -0.671. The van der Waals surface area contributed by atoms with E-state index in [0.717, 1.165) is 5.56 Å². The molecule has 0 bridgehead atoms.